The van der Waals surface area contributed by atoms with Crippen molar-refractivity contribution < 1.29 is 19.1 Å². The van der Waals surface area contributed by atoms with E-state index in [1.807, 2.05) is 30.3 Å². The van der Waals surface area contributed by atoms with Crippen LogP contribution in [0.5, 0.6) is 0 Å². The maximum Gasteiger partial charge on any atom is 0.344 e. The summed E-state index contributed by atoms with van der Waals surface area (Å²) in [5.74, 6) is -0.371. The second-order valence-electron chi connectivity index (χ2n) is 5.12. The number of benzene rings is 1. The Balaban J connectivity index is 2.17. The second-order valence-corrected chi connectivity index (χ2v) is 5.12. The molecule has 0 unspecified atom stereocenters. The number of carbonyl (C=O) groups excluding carboxylic acids is 2. The van der Waals surface area contributed by atoms with Gasteiger partial charge in [-0.3, -0.25) is 0 Å². The Morgan fingerprint density at radius 1 is 1.14 bits per heavy atom. The molecule has 1 heterocycles. The summed E-state index contributed by atoms with van der Waals surface area (Å²) in [6, 6.07) is 9.44. The summed E-state index contributed by atoms with van der Waals surface area (Å²) in [6.07, 6.45) is 3.13. The average Bonchev–Trinajstić information content (AvgIpc) is 2.70. The van der Waals surface area contributed by atoms with Crippen LogP contribution in [0, 0.1) is 0 Å². The van der Waals surface area contributed by atoms with E-state index in [-0.39, 0.29) is 5.97 Å². The highest BCUT2D eigenvalue weighted by molar-refractivity contribution is 6.21. The van der Waals surface area contributed by atoms with Crippen molar-refractivity contribution in [1.29, 1.82) is 0 Å². The number of hydrogen-bond acceptors (Lipinski definition) is 4. The van der Waals surface area contributed by atoms with Crippen LogP contribution in [0.2, 0.25) is 0 Å². The molecule has 0 saturated heterocycles. The molecule has 0 spiro atoms. The van der Waals surface area contributed by atoms with Crippen LogP contribution in [-0.4, -0.2) is 19.0 Å². The van der Waals surface area contributed by atoms with Crippen molar-refractivity contribution in [3.63, 3.8) is 0 Å². The minimum absolute atomic E-state index is 0.380. The minimum Gasteiger partial charge on any atom is -0.466 e. The number of fused-ring (bicyclic) bond motifs is 1. The summed E-state index contributed by atoms with van der Waals surface area (Å²) in [5, 5.41) is 0. The van der Waals surface area contributed by atoms with E-state index in [1.54, 1.807) is 0 Å². The first-order valence-electron chi connectivity index (χ1n) is 7.05. The summed E-state index contributed by atoms with van der Waals surface area (Å²) in [6.45, 7) is 0. The quantitative estimate of drug-likeness (QED) is 0.783. The van der Waals surface area contributed by atoms with E-state index in [9.17, 15) is 9.59 Å². The van der Waals surface area contributed by atoms with Gasteiger partial charge in [-0.2, -0.15) is 0 Å². The summed E-state index contributed by atoms with van der Waals surface area (Å²) >= 11 is 0. The Morgan fingerprint density at radius 2 is 1.86 bits per heavy atom. The van der Waals surface area contributed by atoms with Gasteiger partial charge in [-0.1, -0.05) is 30.3 Å². The fourth-order valence-electron chi connectivity index (χ4n) is 2.86. The minimum atomic E-state index is -0.411. The predicted octanol–water partition coefficient (Wildman–Crippen LogP) is 3.00. The SMILES string of the molecule is COC(=O)C1=C2OC(=O)C(c3ccccc3)=C2CCCC1. The molecule has 2 aliphatic rings. The summed E-state index contributed by atoms with van der Waals surface area (Å²) in [4.78, 5) is 24.2. The average molecular weight is 284 g/mol. The molecule has 1 aromatic rings. The van der Waals surface area contributed by atoms with Gasteiger partial charge in [0, 0.05) is 5.57 Å². The lowest BCUT2D eigenvalue weighted by molar-refractivity contribution is -0.136. The van der Waals surface area contributed by atoms with Gasteiger partial charge < -0.3 is 9.47 Å². The van der Waals surface area contributed by atoms with Crippen molar-refractivity contribution in [1.82, 2.24) is 0 Å². The molecule has 4 heteroatoms. The zero-order valence-electron chi connectivity index (χ0n) is 11.8. The molecule has 1 aromatic carbocycles. The summed E-state index contributed by atoms with van der Waals surface area (Å²) < 4.78 is 10.2. The van der Waals surface area contributed by atoms with Gasteiger partial charge in [0.05, 0.1) is 18.3 Å². The van der Waals surface area contributed by atoms with E-state index < -0.39 is 5.97 Å². The molecule has 1 aliphatic carbocycles. The Labute approximate surface area is 123 Å². The normalized spacial score (nSPS) is 18.2. The van der Waals surface area contributed by atoms with Crippen molar-refractivity contribution in [2.45, 2.75) is 25.7 Å². The van der Waals surface area contributed by atoms with E-state index >= 15 is 0 Å². The van der Waals surface area contributed by atoms with Crippen LogP contribution < -0.4 is 0 Å². The van der Waals surface area contributed by atoms with Gasteiger partial charge in [-0.25, -0.2) is 9.59 Å². The lowest BCUT2D eigenvalue weighted by atomic mass is 9.97. The lowest BCUT2D eigenvalue weighted by Crippen LogP contribution is -2.08. The van der Waals surface area contributed by atoms with Crippen LogP contribution in [0.1, 0.15) is 31.2 Å². The standard InChI is InChI=1S/C17H16O4/c1-20-16(18)13-10-6-5-9-12-14(17(19)21-15(12)13)11-7-3-2-4-8-11/h2-4,7-8H,5-6,9-10H2,1H3. The first-order valence-corrected chi connectivity index (χ1v) is 7.05. The van der Waals surface area contributed by atoms with E-state index in [0.717, 1.165) is 30.4 Å². The smallest absolute Gasteiger partial charge is 0.344 e. The molecule has 108 valence electrons. The van der Waals surface area contributed by atoms with Crippen molar-refractivity contribution in [3.8, 4) is 0 Å². The van der Waals surface area contributed by atoms with Crippen molar-refractivity contribution in [2.24, 2.45) is 0 Å². The molecular weight excluding hydrogens is 268 g/mol. The fourth-order valence-corrected chi connectivity index (χ4v) is 2.86. The van der Waals surface area contributed by atoms with E-state index in [4.69, 9.17) is 9.47 Å². The van der Waals surface area contributed by atoms with Crippen LogP contribution in [-0.2, 0) is 19.1 Å². The molecule has 0 aromatic heterocycles. The van der Waals surface area contributed by atoms with Gasteiger partial charge in [-0.05, 0) is 31.2 Å². The van der Waals surface area contributed by atoms with Gasteiger partial charge >= 0.3 is 11.9 Å². The summed E-state index contributed by atoms with van der Waals surface area (Å²) in [7, 11) is 1.35. The lowest BCUT2D eigenvalue weighted by Gasteiger charge is -2.06. The zero-order chi connectivity index (χ0) is 14.8. The molecular formula is C17H16O4. The maximum absolute atomic E-state index is 12.2. The van der Waals surface area contributed by atoms with E-state index in [1.165, 1.54) is 7.11 Å². The number of esters is 2. The molecule has 0 radical (unpaired) electrons. The Hall–Kier alpha value is -2.36. The topological polar surface area (TPSA) is 52.6 Å². The molecule has 0 fully saturated rings. The first-order chi connectivity index (χ1) is 10.2. The van der Waals surface area contributed by atoms with Crippen LogP contribution in [0.25, 0.3) is 5.57 Å². The number of methoxy groups -OCH3 is 1. The predicted molar refractivity (Wildman–Crippen MR) is 77.0 cm³/mol. The molecule has 0 bridgehead atoms. The highest BCUT2D eigenvalue weighted by Gasteiger charge is 2.35. The largest absolute Gasteiger partial charge is 0.466 e. The van der Waals surface area contributed by atoms with Crippen molar-refractivity contribution in [2.75, 3.05) is 7.11 Å². The molecule has 21 heavy (non-hydrogen) atoms. The van der Waals surface area contributed by atoms with Gasteiger partial charge in [0.2, 0.25) is 0 Å². The fraction of sp³-hybridized carbons (Fsp3) is 0.294. The summed E-state index contributed by atoms with van der Waals surface area (Å²) in [5.41, 5.74) is 2.72. The zero-order valence-corrected chi connectivity index (χ0v) is 11.8. The third kappa shape index (κ3) is 2.37. The number of ether oxygens (including phenoxy) is 2. The number of rotatable bonds is 2. The number of carbonyl (C=O) groups is 2. The van der Waals surface area contributed by atoms with Gasteiger partial charge in [-0.15, -0.1) is 0 Å². The second kappa shape index (κ2) is 5.56. The van der Waals surface area contributed by atoms with Gasteiger partial charge in [0.15, 0.2) is 0 Å². The molecule has 0 amide bonds. The third-order valence-electron chi connectivity index (χ3n) is 3.85. The Kier molecular flexibility index (Phi) is 3.60. The van der Waals surface area contributed by atoms with Crippen LogP contribution in [0.3, 0.4) is 0 Å². The Bertz CT molecular complexity index is 653. The monoisotopic (exact) mass is 284 g/mol. The van der Waals surface area contributed by atoms with E-state index in [2.05, 4.69) is 0 Å². The van der Waals surface area contributed by atoms with Crippen LogP contribution >= 0.6 is 0 Å². The molecule has 3 rings (SSSR count). The van der Waals surface area contributed by atoms with Crippen LogP contribution in [0.15, 0.2) is 47.2 Å². The van der Waals surface area contributed by atoms with Crippen LogP contribution in [0.4, 0.5) is 0 Å². The molecule has 1 aliphatic heterocycles. The highest BCUT2D eigenvalue weighted by Crippen LogP contribution is 2.40. The number of allylic oxidation sites excluding steroid dienone is 1. The van der Waals surface area contributed by atoms with E-state index in [0.29, 0.717) is 23.3 Å². The van der Waals surface area contributed by atoms with Crippen molar-refractivity contribution >= 4 is 17.5 Å². The van der Waals surface area contributed by atoms with Gasteiger partial charge in [0.25, 0.3) is 0 Å². The molecule has 0 N–H and O–H groups in total. The third-order valence-corrected chi connectivity index (χ3v) is 3.85. The highest BCUT2D eigenvalue weighted by atomic mass is 16.5. The molecule has 0 atom stereocenters. The maximum atomic E-state index is 12.2. The number of hydrogen-bond donors (Lipinski definition) is 0. The van der Waals surface area contributed by atoms with Gasteiger partial charge in [0.1, 0.15) is 5.76 Å². The first kappa shape index (κ1) is 13.6. The molecule has 0 saturated carbocycles. The Morgan fingerprint density at radius 3 is 2.57 bits per heavy atom. The van der Waals surface area contributed by atoms with Crippen molar-refractivity contribution in [3.05, 3.63) is 52.8 Å². The molecule has 4 nitrogen and oxygen atoms in total.